The number of halogens is 2. The van der Waals surface area contributed by atoms with Crippen LogP contribution in [0.2, 0.25) is 0 Å². The lowest BCUT2D eigenvalue weighted by Gasteiger charge is -2.12. The average molecular weight is 276 g/mol. The van der Waals surface area contributed by atoms with Crippen LogP contribution in [0.5, 0.6) is 11.6 Å². The average Bonchev–Trinajstić information content (AvgIpc) is 2.47. The Bertz CT molecular complexity index is 612. The molecule has 1 aromatic carbocycles. The highest BCUT2D eigenvalue weighted by Gasteiger charge is 2.18. The van der Waals surface area contributed by atoms with Crippen LogP contribution in [-0.4, -0.2) is 4.98 Å². The van der Waals surface area contributed by atoms with Crippen molar-refractivity contribution in [2.24, 2.45) is 0 Å². The highest BCUT2D eigenvalue weighted by molar-refractivity contribution is 5.41. The van der Waals surface area contributed by atoms with Crippen molar-refractivity contribution in [1.82, 2.24) is 4.98 Å². The van der Waals surface area contributed by atoms with Crippen LogP contribution in [0.15, 0.2) is 42.6 Å². The summed E-state index contributed by atoms with van der Waals surface area (Å²) in [4.78, 5) is 3.93. The van der Waals surface area contributed by atoms with Gasteiger partial charge < -0.3 is 9.47 Å². The van der Waals surface area contributed by atoms with Crippen LogP contribution >= 0.6 is 0 Å². The Balaban J connectivity index is 2.26. The monoisotopic (exact) mass is 276 g/mol. The molecule has 0 saturated carbocycles. The van der Waals surface area contributed by atoms with Crippen molar-refractivity contribution in [1.29, 1.82) is 5.26 Å². The van der Waals surface area contributed by atoms with Crippen molar-refractivity contribution in [3.63, 3.8) is 0 Å². The molecule has 0 unspecified atom stereocenters. The fourth-order valence-corrected chi connectivity index (χ4v) is 1.66. The second-order valence-corrected chi connectivity index (χ2v) is 3.77. The largest absolute Gasteiger partial charge is 0.473 e. The van der Waals surface area contributed by atoms with Gasteiger partial charge in [-0.1, -0.05) is 18.2 Å². The van der Waals surface area contributed by atoms with E-state index in [1.165, 1.54) is 30.7 Å². The first kappa shape index (κ1) is 13.7. The van der Waals surface area contributed by atoms with Crippen molar-refractivity contribution in [2.75, 3.05) is 0 Å². The van der Waals surface area contributed by atoms with Crippen LogP contribution in [0.4, 0.5) is 8.78 Å². The molecule has 0 radical (unpaired) electrons. The van der Waals surface area contributed by atoms with Gasteiger partial charge in [-0.25, -0.2) is 13.8 Å². The van der Waals surface area contributed by atoms with Crippen LogP contribution < -0.4 is 9.47 Å². The molecule has 0 aliphatic heterocycles. The van der Waals surface area contributed by atoms with E-state index in [0.29, 0.717) is 5.88 Å². The van der Waals surface area contributed by atoms with Gasteiger partial charge in [0.25, 0.3) is 12.7 Å². The number of benzene rings is 1. The third kappa shape index (κ3) is 3.20. The molecular formula is C14H10F2N2O2. The van der Waals surface area contributed by atoms with E-state index in [1.54, 1.807) is 18.2 Å². The molecule has 6 heteroatoms. The zero-order valence-electron chi connectivity index (χ0n) is 10.3. The van der Waals surface area contributed by atoms with Gasteiger partial charge in [0.15, 0.2) is 0 Å². The summed E-state index contributed by atoms with van der Waals surface area (Å²) in [5.74, 6) is 0.362. The first-order valence-electron chi connectivity index (χ1n) is 5.72. The van der Waals surface area contributed by atoms with Crippen LogP contribution in [0, 0.1) is 11.5 Å². The lowest BCUT2D eigenvalue weighted by molar-refractivity contribution is 0.147. The summed E-state index contributed by atoms with van der Waals surface area (Å²) in [7, 11) is 0. The second kappa shape index (κ2) is 6.48. The smallest absolute Gasteiger partial charge is 0.292 e. The van der Waals surface area contributed by atoms with Gasteiger partial charge in [-0.2, -0.15) is 0 Å². The fourth-order valence-electron chi connectivity index (χ4n) is 1.66. The van der Waals surface area contributed by atoms with Crippen LogP contribution in [-0.2, 0) is 6.61 Å². The van der Waals surface area contributed by atoms with E-state index in [4.69, 9.17) is 10.00 Å². The maximum absolute atomic E-state index is 13.0. The summed E-state index contributed by atoms with van der Waals surface area (Å²) in [6.45, 7) is -0.158. The maximum atomic E-state index is 13.0. The molecule has 1 heterocycles. The Morgan fingerprint density at radius 3 is 2.70 bits per heavy atom. The number of alkyl halides is 2. The van der Waals surface area contributed by atoms with E-state index in [-0.39, 0.29) is 23.5 Å². The number of hydrogen-bond donors (Lipinski definition) is 0. The quantitative estimate of drug-likeness (QED) is 0.785. The van der Waals surface area contributed by atoms with Gasteiger partial charge >= 0.3 is 0 Å². The summed E-state index contributed by atoms with van der Waals surface area (Å²) in [6.07, 6.45) is 0.321. The van der Waals surface area contributed by atoms with Crippen LogP contribution in [0.1, 0.15) is 17.6 Å². The predicted octanol–water partition coefficient (Wildman–Crippen LogP) is 3.46. The van der Waals surface area contributed by atoms with Gasteiger partial charge in [-0.05, 0) is 12.1 Å². The lowest BCUT2D eigenvalue weighted by atomic mass is 10.1. The molecule has 1 aromatic heterocycles. The SMILES string of the molecule is N#COc1cccc(C(F)F)c1COc1ccccn1. The number of hydrogen-bond acceptors (Lipinski definition) is 4. The minimum absolute atomic E-state index is 0.0567. The minimum Gasteiger partial charge on any atom is -0.473 e. The summed E-state index contributed by atoms with van der Waals surface area (Å²) < 4.78 is 36.0. The number of rotatable bonds is 5. The standard InChI is InChI=1S/C14H10F2N2O2/c15-14(16)10-4-3-5-12(20-9-17)11(10)8-19-13-6-1-2-7-18-13/h1-7,14H,8H2. The first-order chi connectivity index (χ1) is 9.72. The van der Waals surface area contributed by atoms with Crippen LogP contribution in [0.3, 0.4) is 0 Å². The molecule has 102 valence electrons. The van der Waals surface area contributed by atoms with E-state index in [1.807, 2.05) is 0 Å². The third-order valence-corrected chi connectivity index (χ3v) is 2.56. The number of pyridine rings is 1. The van der Waals surface area contributed by atoms with E-state index in [0.717, 1.165) is 0 Å². The van der Waals surface area contributed by atoms with E-state index < -0.39 is 6.43 Å². The highest BCUT2D eigenvalue weighted by Crippen LogP contribution is 2.30. The fraction of sp³-hybridized carbons (Fsp3) is 0.143. The predicted molar refractivity (Wildman–Crippen MR) is 66.2 cm³/mol. The van der Waals surface area contributed by atoms with Crippen molar-refractivity contribution in [3.8, 4) is 17.9 Å². The maximum Gasteiger partial charge on any atom is 0.292 e. The molecule has 0 aliphatic rings. The third-order valence-electron chi connectivity index (χ3n) is 2.56. The van der Waals surface area contributed by atoms with E-state index in [9.17, 15) is 8.78 Å². The molecule has 0 fully saturated rings. The zero-order valence-corrected chi connectivity index (χ0v) is 10.3. The summed E-state index contributed by atoms with van der Waals surface area (Å²) >= 11 is 0. The second-order valence-electron chi connectivity index (χ2n) is 3.77. The minimum atomic E-state index is -2.68. The Morgan fingerprint density at radius 1 is 1.20 bits per heavy atom. The molecule has 0 spiro atoms. The molecule has 20 heavy (non-hydrogen) atoms. The molecule has 0 bridgehead atoms. The molecule has 4 nitrogen and oxygen atoms in total. The molecule has 0 amide bonds. The van der Waals surface area contributed by atoms with Crippen molar-refractivity contribution < 1.29 is 18.3 Å². The van der Waals surface area contributed by atoms with Gasteiger partial charge in [0.05, 0.1) is 0 Å². The Morgan fingerprint density at radius 2 is 2.05 bits per heavy atom. The molecule has 2 rings (SSSR count). The number of nitrogens with zero attached hydrogens (tertiary/aromatic N) is 2. The first-order valence-corrected chi connectivity index (χ1v) is 5.72. The number of aromatic nitrogens is 1. The normalized spacial score (nSPS) is 10.1. The molecule has 2 aromatic rings. The topological polar surface area (TPSA) is 55.1 Å². The van der Waals surface area contributed by atoms with E-state index >= 15 is 0 Å². The molecule has 0 saturated heterocycles. The summed E-state index contributed by atoms with van der Waals surface area (Å²) in [5, 5.41) is 8.55. The Labute approximate surface area is 114 Å². The van der Waals surface area contributed by atoms with Gasteiger partial charge in [-0.3, -0.25) is 0 Å². The number of ether oxygens (including phenoxy) is 2. The van der Waals surface area contributed by atoms with Crippen molar-refractivity contribution >= 4 is 0 Å². The van der Waals surface area contributed by atoms with Gasteiger partial charge in [0.1, 0.15) is 12.4 Å². The van der Waals surface area contributed by atoms with Crippen LogP contribution in [0.25, 0.3) is 0 Å². The Kier molecular flexibility index (Phi) is 4.45. The zero-order chi connectivity index (χ0) is 14.4. The molecular weight excluding hydrogens is 266 g/mol. The summed E-state index contributed by atoms with van der Waals surface area (Å²) in [6, 6.07) is 9.14. The molecule has 0 aliphatic carbocycles. The lowest BCUT2D eigenvalue weighted by Crippen LogP contribution is -2.04. The molecule has 0 atom stereocenters. The van der Waals surface area contributed by atoms with Crippen molar-refractivity contribution in [2.45, 2.75) is 13.0 Å². The molecule has 0 N–H and O–H groups in total. The van der Waals surface area contributed by atoms with E-state index in [2.05, 4.69) is 9.72 Å². The van der Waals surface area contributed by atoms with Gasteiger partial charge in [0, 0.05) is 23.4 Å². The number of nitriles is 1. The van der Waals surface area contributed by atoms with Gasteiger partial charge in [-0.15, -0.1) is 5.26 Å². The highest BCUT2D eigenvalue weighted by atomic mass is 19.3. The summed E-state index contributed by atoms with van der Waals surface area (Å²) in [5.41, 5.74) is -0.0941. The van der Waals surface area contributed by atoms with Crippen molar-refractivity contribution in [3.05, 3.63) is 53.7 Å². The van der Waals surface area contributed by atoms with Gasteiger partial charge in [0.2, 0.25) is 5.88 Å². The Hall–Kier alpha value is -2.68.